The van der Waals surface area contributed by atoms with Crippen LogP contribution in [0.4, 0.5) is 5.13 Å². The van der Waals surface area contributed by atoms with Crippen LogP contribution in [-0.4, -0.2) is 75.9 Å². The van der Waals surface area contributed by atoms with Gasteiger partial charge in [-0.1, -0.05) is 34.5 Å². The predicted octanol–water partition coefficient (Wildman–Crippen LogP) is 3.94. The Labute approximate surface area is 212 Å². The third-order valence-electron chi connectivity index (χ3n) is 5.54. The lowest BCUT2D eigenvalue weighted by atomic mass is 10.3. The molecule has 0 aliphatic carbocycles. The number of hydrogen-bond donors (Lipinski definition) is 1. The number of hydrogen-bond acceptors (Lipinski definition) is 8. The molecular formula is C23H26Cl2N4O4S. The molecule has 0 bridgehead atoms. The fourth-order valence-corrected chi connectivity index (χ4v) is 5.30. The Hall–Kier alpha value is -2.46. The van der Waals surface area contributed by atoms with Gasteiger partial charge in [0.2, 0.25) is 0 Å². The maximum atomic E-state index is 12.1. The molecule has 11 heteroatoms. The Balaban J connectivity index is 1.22. The molecule has 1 aliphatic rings. The first-order valence-corrected chi connectivity index (χ1v) is 12.4. The van der Waals surface area contributed by atoms with E-state index in [-0.39, 0.29) is 12.5 Å². The molecule has 34 heavy (non-hydrogen) atoms. The van der Waals surface area contributed by atoms with Crippen LogP contribution in [0.5, 0.6) is 17.2 Å². The maximum Gasteiger partial charge on any atom is 0.257 e. The first-order chi connectivity index (χ1) is 16.5. The van der Waals surface area contributed by atoms with Gasteiger partial charge in [0.1, 0.15) is 27.5 Å². The van der Waals surface area contributed by atoms with Crippen molar-refractivity contribution < 1.29 is 19.0 Å². The van der Waals surface area contributed by atoms with E-state index in [1.54, 1.807) is 43.8 Å². The molecule has 2 heterocycles. The van der Waals surface area contributed by atoms with Gasteiger partial charge in [0.25, 0.3) is 5.91 Å². The largest absolute Gasteiger partial charge is 0.495 e. The molecule has 0 unspecified atom stereocenters. The molecule has 1 fully saturated rings. The summed E-state index contributed by atoms with van der Waals surface area (Å²) in [5, 5.41) is 4.75. The standard InChI is InChI=1S/C23H26Cl2N4O4S/c1-31-18-5-6-19(32-2)22-21(18)27-23(34-22)29-11-9-28(10-12-29)8-7-26-20(30)14-33-17-4-3-15(24)13-16(17)25/h3-6,13H,7-12,14H2,1-2H3,(H,26,30). The molecule has 1 amide bonds. The van der Waals surface area contributed by atoms with E-state index in [1.165, 1.54) is 0 Å². The molecule has 182 valence electrons. The van der Waals surface area contributed by atoms with E-state index in [1.807, 2.05) is 12.1 Å². The number of rotatable bonds is 9. The molecule has 3 aromatic rings. The molecule has 0 spiro atoms. The fraction of sp³-hybridized carbons (Fsp3) is 0.391. The van der Waals surface area contributed by atoms with Gasteiger partial charge in [-0.15, -0.1) is 0 Å². The Morgan fingerprint density at radius 2 is 1.76 bits per heavy atom. The zero-order valence-electron chi connectivity index (χ0n) is 19.0. The van der Waals surface area contributed by atoms with Crippen molar-refractivity contribution in [3.8, 4) is 17.2 Å². The van der Waals surface area contributed by atoms with Gasteiger partial charge >= 0.3 is 0 Å². The Morgan fingerprint density at radius 1 is 1.06 bits per heavy atom. The topological polar surface area (TPSA) is 76.2 Å². The number of ether oxygens (including phenoxy) is 3. The summed E-state index contributed by atoms with van der Waals surface area (Å²) < 4.78 is 17.4. The molecule has 0 saturated carbocycles. The van der Waals surface area contributed by atoms with Gasteiger partial charge in [0.05, 0.1) is 19.2 Å². The quantitative estimate of drug-likeness (QED) is 0.454. The van der Waals surface area contributed by atoms with Crippen molar-refractivity contribution in [1.29, 1.82) is 0 Å². The molecule has 1 saturated heterocycles. The maximum absolute atomic E-state index is 12.1. The summed E-state index contributed by atoms with van der Waals surface area (Å²) in [6, 6.07) is 8.68. The fourth-order valence-electron chi connectivity index (χ4n) is 3.71. The van der Waals surface area contributed by atoms with Crippen LogP contribution in [0.3, 0.4) is 0 Å². The Morgan fingerprint density at radius 3 is 2.47 bits per heavy atom. The molecule has 1 N–H and O–H groups in total. The number of carbonyl (C=O) groups excluding carboxylic acids is 1. The zero-order chi connectivity index (χ0) is 24.1. The van der Waals surface area contributed by atoms with Crippen LogP contribution in [0.1, 0.15) is 0 Å². The molecule has 0 radical (unpaired) electrons. The van der Waals surface area contributed by atoms with Gasteiger partial charge in [-0.2, -0.15) is 0 Å². The predicted molar refractivity (Wildman–Crippen MR) is 136 cm³/mol. The first kappa shape index (κ1) is 24.7. The highest BCUT2D eigenvalue weighted by atomic mass is 35.5. The number of carbonyl (C=O) groups is 1. The van der Waals surface area contributed by atoms with Gasteiger partial charge in [-0.05, 0) is 30.3 Å². The van der Waals surface area contributed by atoms with Crippen LogP contribution >= 0.6 is 34.5 Å². The number of piperazine rings is 1. The smallest absolute Gasteiger partial charge is 0.257 e. The van der Waals surface area contributed by atoms with Crippen LogP contribution in [-0.2, 0) is 4.79 Å². The van der Waals surface area contributed by atoms with Gasteiger partial charge in [0.15, 0.2) is 11.7 Å². The third-order valence-corrected chi connectivity index (χ3v) is 7.21. The number of halogens is 2. The highest BCUT2D eigenvalue weighted by Gasteiger charge is 2.22. The average molecular weight is 525 g/mol. The number of nitrogens with one attached hydrogen (secondary N) is 1. The van der Waals surface area contributed by atoms with Crippen LogP contribution < -0.4 is 24.4 Å². The summed E-state index contributed by atoms with van der Waals surface area (Å²) in [6.45, 7) is 4.70. The lowest BCUT2D eigenvalue weighted by molar-refractivity contribution is -0.123. The van der Waals surface area contributed by atoms with Gasteiger partial charge in [-0.3, -0.25) is 9.69 Å². The van der Waals surface area contributed by atoms with Crippen molar-refractivity contribution >= 4 is 55.8 Å². The molecule has 1 aliphatic heterocycles. The van der Waals surface area contributed by atoms with Gasteiger partial charge in [0, 0.05) is 44.3 Å². The minimum Gasteiger partial charge on any atom is -0.495 e. The van der Waals surface area contributed by atoms with Crippen molar-refractivity contribution in [2.75, 3.05) is 65.0 Å². The van der Waals surface area contributed by atoms with Gasteiger partial charge in [-0.25, -0.2) is 4.98 Å². The second kappa shape index (κ2) is 11.3. The normalized spacial score (nSPS) is 14.3. The number of fused-ring (bicyclic) bond motifs is 1. The van der Waals surface area contributed by atoms with Crippen LogP contribution in [0.15, 0.2) is 30.3 Å². The van der Waals surface area contributed by atoms with E-state index in [9.17, 15) is 4.79 Å². The molecule has 8 nitrogen and oxygen atoms in total. The number of thiazole rings is 1. The first-order valence-electron chi connectivity index (χ1n) is 10.8. The molecule has 1 aromatic heterocycles. The minimum atomic E-state index is -0.193. The second-order valence-corrected chi connectivity index (χ2v) is 9.51. The summed E-state index contributed by atoms with van der Waals surface area (Å²) in [6.07, 6.45) is 0. The van der Waals surface area contributed by atoms with Crippen LogP contribution in [0.2, 0.25) is 10.0 Å². The van der Waals surface area contributed by atoms with E-state index in [0.717, 1.165) is 59.6 Å². The Bertz CT molecular complexity index is 1110. The van der Waals surface area contributed by atoms with Crippen molar-refractivity contribution in [2.24, 2.45) is 0 Å². The number of methoxy groups -OCH3 is 2. The minimum absolute atomic E-state index is 0.0976. The van der Waals surface area contributed by atoms with E-state index in [2.05, 4.69) is 15.1 Å². The van der Waals surface area contributed by atoms with E-state index >= 15 is 0 Å². The van der Waals surface area contributed by atoms with Crippen molar-refractivity contribution in [3.05, 3.63) is 40.4 Å². The number of anilines is 1. The number of nitrogens with zero attached hydrogens (tertiary/aromatic N) is 3. The highest BCUT2D eigenvalue weighted by molar-refractivity contribution is 7.22. The Kier molecular flexibility index (Phi) is 8.20. The number of aromatic nitrogens is 1. The molecule has 4 rings (SSSR count). The third kappa shape index (κ3) is 5.78. The summed E-state index contributed by atoms with van der Waals surface area (Å²) in [5.74, 6) is 1.79. The van der Waals surface area contributed by atoms with E-state index in [0.29, 0.717) is 22.3 Å². The van der Waals surface area contributed by atoms with Crippen LogP contribution in [0, 0.1) is 0 Å². The van der Waals surface area contributed by atoms with Gasteiger partial charge < -0.3 is 24.4 Å². The summed E-state index contributed by atoms with van der Waals surface area (Å²) in [5.41, 5.74) is 0.828. The van der Waals surface area contributed by atoms with E-state index < -0.39 is 0 Å². The number of amides is 1. The lowest BCUT2D eigenvalue weighted by Crippen LogP contribution is -2.48. The lowest BCUT2D eigenvalue weighted by Gasteiger charge is -2.34. The average Bonchev–Trinajstić information content (AvgIpc) is 3.29. The SMILES string of the molecule is COc1ccc(OC)c2sc(N3CCN(CCNC(=O)COc4ccc(Cl)cc4Cl)CC3)nc12. The van der Waals surface area contributed by atoms with E-state index in [4.69, 9.17) is 42.4 Å². The second-order valence-electron chi connectivity index (χ2n) is 7.69. The summed E-state index contributed by atoms with van der Waals surface area (Å²) in [4.78, 5) is 21.5. The molecule has 2 aromatic carbocycles. The van der Waals surface area contributed by atoms with Crippen molar-refractivity contribution in [1.82, 2.24) is 15.2 Å². The summed E-state index contributed by atoms with van der Waals surface area (Å²) in [7, 11) is 3.31. The monoisotopic (exact) mass is 524 g/mol. The molecule has 0 atom stereocenters. The molecular weight excluding hydrogens is 499 g/mol. The zero-order valence-corrected chi connectivity index (χ0v) is 21.3. The number of benzene rings is 2. The highest BCUT2D eigenvalue weighted by Crippen LogP contribution is 2.40. The van der Waals surface area contributed by atoms with Crippen molar-refractivity contribution in [2.45, 2.75) is 0 Å². The van der Waals surface area contributed by atoms with Crippen molar-refractivity contribution in [3.63, 3.8) is 0 Å². The van der Waals surface area contributed by atoms with Crippen LogP contribution in [0.25, 0.3) is 10.2 Å². The summed E-state index contributed by atoms with van der Waals surface area (Å²) >= 11 is 13.5.